The molecular formula is C23H18N2O7. The molecule has 4 rings (SSSR count). The number of benzene rings is 2. The minimum atomic E-state index is -0.650. The number of rotatable bonds is 6. The van der Waals surface area contributed by atoms with Gasteiger partial charge < -0.3 is 19.2 Å². The van der Waals surface area contributed by atoms with Gasteiger partial charge in [0.05, 0.1) is 49.4 Å². The van der Waals surface area contributed by atoms with Crippen molar-refractivity contribution in [2.24, 2.45) is 0 Å². The first kappa shape index (κ1) is 20.9. The molecule has 0 radical (unpaired) electrons. The van der Waals surface area contributed by atoms with E-state index in [0.29, 0.717) is 11.5 Å². The number of esters is 1. The van der Waals surface area contributed by atoms with Gasteiger partial charge >= 0.3 is 5.97 Å². The van der Waals surface area contributed by atoms with Crippen LogP contribution in [0.3, 0.4) is 0 Å². The third kappa shape index (κ3) is 3.71. The number of fused-ring (bicyclic) bond motifs is 1. The van der Waals surface area contributed by atoms with Gasteiger partial charge in [0.1, 0.15) is 11.5 Å². The molecule has 0 unspecified atom stereocenters. The number of hydrogen-bond donors (Lipinski definition) is 1. The zero-order chi connectivity index (χ0) is 22.8. The Kier molecular flexibility index (Phi) is 5.46. The Morgan fingerprint density at radius 3 is 2.47 bits per heavy atom. The number of nitrogens with zero attached hydrogens (tertiary/aromatic N) is 1. The van der Waals surface area contributed by atoms with Crippen molar-refractivity contribution < 1.29 is 33.1 Å². The Hall–Kier alpha value is -4.40. The van der Waals surface area contributed by atoms with E-state index < -0.39 is 23.7 Å². The topological polar surface area (TPSA) is 115 Å². The maximum atomic E-state index is 12.8. The molecule has 3 amide bonds. The van der Waals surface area contributed by atoms with E-state index in [1.165, 1.54) is 50.8 Å². The minimum Gasteiger partial charge on any atom is -0.497 e. The zero-order valence-corrected chi connectivity index (χ0v) is 17.2. The number of carbonyl (C=O) groups excluding carboxylic acids is 4. The van der Waals surface area contributed by atoms with Gasteiger partial charge in [0.25, 0.3) is 17.7 Å². The van der Waals surface area contributed by atoms with Crippen LogP contribution >= 0.6 is 0 Å². The average Bonchev–Trinajstić information content (AvgIpc) is 3.41. The molecule has 162 valence electrons. The second-order valence-electron chi connectivity index (χ2n) is 6.89. The Labute approximate surface area is 182 Å². The molecule has 1 aliphatic rings. The number of anilines is 1. The fourth-order valence-electron chi connectivity index (χ4n) is 3.37. The first-order valence-electron chi connectivity index (χ1n) is 9.53. The minimum absolute atomic E-state index is 0.00475. The van der Waals surface area contributed by atoms with Crippen LogP contribution in [0.5, 0.6) is 5.75 Å². The second kappa shape index (κ2) is 8.38. The standard InChI is InChI=1S/C23H18N2O7/c1-30-14-6-8-19(18(11-14)23(29)31-2)24-20(26)13-5-7-16-17(10-13)22(28)25(21(16)27)12-15-4-3-9-32-15/h3-11H,12H2,1-2H3,(H,24,26). The summed E-state index contributed by atoms with van der Waals surface area (Å²) in [5, 5.41) is 2.64. The summed E-state index contributed by atoms with van der Waals surface area (Å²) in [6.07, 6.45) is 1.46. The molecule has 2 aromatic carbocycles. The fraction of sp³-hybridized carbons (Fsp3) is 0.130. The first-order valence-corrected chi connectivity index (χ1v) is 9.53. The van der Waals surface area contributed by atoms with E-state index in [4.69, 9.17) is 13.9 Å². The number of hydrogen-bond acceptors (Lipinski definition) is 7. The summed E-state index contributed by atoms with van der Waals surface area (Å²) < 4.78 is 15.1. The summed E-state index contributed by atoms with van der Waals surface area (Å²) in [7, 11) is 2.68. The number of furan rings is 1. The predicted octanol–water partition coefficient (Wildman–Crippen LogP) is 3.12. The normalized spacial score (nSPS) is 12.5. The van der Waals surface area contributed by atoms with Crippen LogP contribution in [-0.2, 0) is 11.3 Å². The number of carbonyl (C=O) groups is 4. The predicted molar refractivity (Wildman–Crippen MR) is 112 cm³/mol. The molecule has 0 aliphatic carbocycles. The van der Waals surface area contributed by atoms with Crippen LogP contribution in [0.4, 0.5) is 5.69 Å². The second-order valence-corrected chi connectivity index (χ2v) is 6.89. The molecule has 0 fully saturated rings. The van der Waals surface area contributed by atoms with Gasteiger partial charge in [-0.1, -0.05) is 0 Å². The van der Waals surface area contributed by atoms with Crippen molar-refractivity contribution >= 4 is 29.4 Å². The Balaban J connectivity index is 1.59. The Morgan fingerprint density at radius 2 is 1.78 bits per heavy atom. The molecule has 3 aromatic rings. The molecular weight excluding hydrogens is 416 g/mol. The van der Waals surface area contributed by atoms with E-state index in [9.17, 15) is 19.2 Å². The highest BCUT2D eigenvalue weighted by Gasteiger charge is 2.36. The van der Waals surface area contributed by atoms with Crippen LogP contribution in [0.25, 0.3) is 0 Å². The third-order valence-electron chi connectivity index (χ3n) is 5.01. The van der Waals surface area contributed by atoms with Crippen molar-refractivity contribution in [2.75, 3.05) is 19.5 Å². The van der Waals surface area contributed by atoms with Crippen molar-refractivity contribution in [1.82, 2.24) is 4.90 Å². The SMILES string of the molecule is COC(=O)c1cc(OC)ccc1NC(=O)c1ccc2c(c1)C(=O)N(Cc1ccco1)C2=O. The summed E-state index contributed by atoms with van der Waals surface area (Å²) in [6, 6.07) is 12.1. The molecule has 32 heavy (non-hydrogen) atoms. The summed E-state index contributed by atoms with van der Waals surface area (Å²) >= 11 is 0. The molecule has 0 spiro atoms. The number of imide groups is 1. The molecule has 9 heteroatoms. The van der Waals surface area contributed by atoms with Crippen LogP contribution < -0.4 is 10.1 Å². The van der Waals surface area contributed by atoms with E-state index in [2.05, 4.69) is 5.32 Å². The number of ether oxygens (including phenoxy) is 2. The lowest BCUT2D eigenvalue weighted by Gasteiger charge is -2.12. The molecule has 0 bridgehead atoms. The molecule has 1 N–H and O–H groups in total. The molecule has 2 heterocycles. The fourth-order valence-corrected chi connectivity index (χ4v) is 3.37. The van der Waals surface area contributed by atoms with E-state index in [0.717, 1.165) is 4.90 Å². The Morgan fingerprint density at radius 1 is 1.00 bits per heavy atom. The number of methoxy groups -OCH3 is 2. The van der Waals surface area contributed by atoms with E-state index in [-0.39, 0.29) is 34.5 Å². The van der Waals surface area contributed by atoms with E-state index in [1.54, 1.807) is 18.2 Å². The first-order chi connectivity index (χ1) is 15.4. The van der Waals surface area contributed by atoms with Crippen molar-refractivity contribution in [1.29, 1.82) is 0 Å². The van der Waals surface area contributed by atoms with Gasteiger partial charge in [-0.2, -0.15) is 0 Å². The number of amides is 3. The molecule has 9 nitrogen and oxygen atoms in total. The Bertz CT molecular complexity index is 1230. The molecule has 1 aromatic heterocycles. The lowest BCUT2D eigenvalue weighted by molar-refractivity contribution is 0.0597. The van der Waals surface area contributed by atoms with Crippen molar-refractivity contribution in [3.05, 3.63) is 82.8 Å². The van der Waals surface area contributed by atoms with Crippen molar-refractivity contribution in [2.45, 2.75) is 6.54 Å². The number of nitrogens with one attached hydrogen (secondary N) is 1. The van der Waals surface area contributed by atoms with Gasteiger partial charge in [0, 0.05) is 5.56 Å². The van der Waals surface area contributed by atoms with Gasteiger partial charge in [-0.15, -0.1) is 0 Å². The largest absolute Gasteiger partial charge is 0.497 e. The van der Waals surface area contributed by atoms with Crippen LogP contribution in [0.1, 0.15) is 47.2 Å². The monoisotopic (exact) mass is 434 g/mol. The summed E-state index contributed by atoms with van der Waals surface area (Å²) in [4.78, 5) is 51.4. The highest BCUT2D eigenvalue weighted by Crippen LogP contribution is 2.27. The lowest BCUT2D eigenvalue weighted by Crippen LogP contribution is -2.28. The van der Waals surface area contributed by atoms with Crippen LogP contribution in [0.15, 0.2) is 59.2 Å². The van der Waals surface area contributed by atoms with E-state index in [1.807, 2.05) is 0 Å². The van der Waals surface area contributed by atoms with Gasteiger partial charge in [0.2, 0.25) is 0 Å². The van der Waals surface area contributed by atoms with Crippen molar-refractivity contribution in [3.8, 4) is 5.75 Å². The van der Waals surface area contributed by atoms with Crippen molar-refractivity contribution in [3.63, 3.8) is 0 Å². The molecule has 0 saturated carbocycles. The summed E-state index contributed by atoms with van der Waals surface area (Å²) in [5.41, 5.74) is 0.800. The lowest BCUT2D eigenvalue weighted by atomic mass is 10.0. The summed E-state index contributed by atoms with van der Waals surface area (Å²) in [5.74, 6) is -1.31. The summed E-state index contributed by atoms with van der Waals surface area (Å²) in [6.45, 7) is -0.00475. The highest BCUT2D eigenvalue weighted by atomic mass is 16.5. The van der Waals surface area contributed by atoms with Crippen LogP contribution in [-0.4, -0.2) is 42.8 Å². The highest BCUT2D eigenvalue weighted by molar-refractivity contribution is 6.22. The zero-order valence-electron chi connectivity index (χ0n) is 17.2. The van der Waals surface area contributed by atoms with Crippen LogP contribution in [0.2, 0.25) is 0 Å². The van der Waals surface area contributed by atoms with Gasteiger partial charge in [-0.05, 0) is 48.5 Å². The third-order valence-corrected chi connectivity index (χ3v) is 5.01. The smallest absolute Gasteiger partial charge is 0.340 e. The van der Waals surface area contributed by atoms with E-state index >= 15 is 0 Å². The molecule has 1 aliphatic heterocycles. The molecule has 0 saturated heterocycles. The maximum absolute atomic E-state index is 12.8. The quantitative estimate of drug-likeness (QED) is 0.468. The average molecular weight is 434 g/mol. The maximum Gasteiger partial charge on any atom is 0.340 e. The molecule has 0 atom stereocenters. The van der Waals surface area contributed by atoms with Gasteiger partial charge in [0.15, 0.2) is 0 Å². The van der Waals surface area contributed by atoms with Gasteiger partial charge in [-0.3, -0.25) is 19.3 Å². The van der Waals surface area contributed by atoms with Crippen LogP contribution in [0, 0.1) is 0 Å². The van der Waals surface area contributed by atoms with Gasteiger partial charge in [-0.25, -0.2) is 4.79 Å².